The lowest BCUT2D eigenvalue weighted by Gasteiger charge is -2.27. The SMILES string of the molecule is c1ccc(-c2cc(-c3ccc4ccccc4c3)nc(-c3cccc4oc5cc(N(c6ccccc6)c6ccccc6)c6ccccc6c5c34)n2)cc1. The first-order chi connectivity index (χ1) is 25.8. The summed E-state index contributed by atoms with van der Waals surface area (Å²) in [5.74, 6) is 0.654. The monoisotopic (exact) mass is 665 g/mol. The number of anilines is 3. The zero-order valence-electron chi connectivity index (χ0n) is 28.1. The lowest BCUT2D eigenvalue weighted by molar-refractivity contribution is 0.669. The van der Waals surface area contributed by atoms with E-state index in [4.69, 9.17) is 14.4 Å². The summed E-state index contributed by atoms with van der Waals surface area (Å²) in [4.78, 5) is 12.8. The number of rotatable bonds is 6. The van der Waals surface area contributed by atoms with Gasteiger partial charge in [0.2, 0.25) is 0 Å². The topological polar surface area (TPSA) is 42.2 Å². The van der Waals surface area contributed by atoms with Crippen LogP contribution in [0.2, 0.25) is 0 Å². The Morgan fingerprint density at radius 3 is 1.75 bits per heavy atom. The van der Waals surface area contributed by atoms with Gasteiger partial charge in [0.1, 0.15) is 11.2 Å². The molecule has 0 fully saturated rings. The van der Waals surface area contributed by atoms with Crippen molar-refractivity contribution in [3.63, 3.8) is 0 Å². The molecule has 4 nitrogen and oxygen atoms in total. The van der Waals surface area contributed by atoms with E-state index in [0.717, 1.165) is 77.9 Å². The molecule has 2 heterocycles. The Balaban J connectivity index is 1.24. The Morgan fingerprint density at radius 1 is 0.404 bits per heavy atom. The van der Waals surface area contributed by atoms with E-state index in [1.807, 2.05) is 18.2 Å². The molecule has 0 atom stereocenters. The third-order valence-electron chi connectivity index (χ3n) is 9.83. The highest BCUT2D eigenvalue weighted by molar-refractivity contribution is 6.25. The van der Waals surface area contributed by atoms with Gasteiger partial charge in [-0.15, -0.1) is 0 Å². The van der Waals surface area contributed by atoms with Crippen molar-refractivity contribution in [2.45, 2.75) is 0 Å². The van der Waals surface area contributed by atoms with Gasteiger partial charge in [-0.25, -0.2) is 9.97 Å². The maximum absolute atomic E-state index is 6.78. The van der Waals surface area contributed by atoms with E-state index < -0.39 is 0 Å². The van der Waals surface area contributed by atoms with E-state index >= 15 is 0 Å². The van der Waals surface area contributed by atoms with Gasteiger partial charge in [-0.1, -0.05) is 140 Å². The molecule has 0 unspecified atom stereocenters. The maximum atomic E-state index is 6.78. The predicted molar refractivity (Wildman–Crippen MR) is 215 cm³/mol. The van der Waals surface area contributed by atoms with Crippen molar-refractivity contribution in [1.29, 1.82) is 0 Å². The van der Waals surface area contributed by atoms with Crippen molar-refractivity contribution in [2.75, 3.05) is 4.90 Å². The zero-order chi connectivity index (χ0) is 34.4. The Morgan fingerprint density at radius 2 is 1.02 bits per heavy atom. The summed E-state index contributed by atoms with van der Waals surface area (Å²) in [6, 6.07) is 65.4. The minimum Gasteiger partial charge on any atom is -0.456 e. The number of furan rings is 1. The number of benzene rings is 8. The van der Waals surface area contributed by atoms with Gasteiger partial charge in [-0.3, -0.25) is 0 Å². The molecule has 0 aliphatic rings. The van der Waals surface area contributed by atoms with Gasteiger partial charge in [0.05, 0.1) is 17.1 Å². The van der Waals surface area contributed by atoms with E-state index in [1.165, 1.54) is 10.8 Å². The molecular weight excluding hydrogens is 635 g/mol. The minimum absolute atomic E-state index is 0.654. The van der Waals surface area contributed by atoms with E-state index in [9.17, 15) is 0 Å². The van der Waals surface area contributed by atoms with Gasteiger partial charge in [0, 0.05) is 50.3 Å². The summed E-state index contributed by atoms with van der Waals surface area (Å²) in [6.07, 6.45) is 0. The first-order valence-electron chi connectivity index (χ1n) is 17.5. The molecule has 244 valence electrons. The van der Waals surface area contributed by atoms with Crippen LogP contribution in [0.4, 0.5) is 17.1 Å². The van der Waals surface area contributed by atoms with Crippen molar-refractivity contribution >= 4 is 60.5 Å². The van der Waals surface area contributed by atoms with E-state index in [2.05, 4.69) is 175 Å². The molecule has 0 spiro atoms. The third kappa shape index (κ3) is 5.09. The van der Waals surface area contributed by atoms with Crippen LogP contribution in [-0.4, -0.2) is 9.97 Å². The second-order valence-electron chi connectivity index (χ2n) is 13.0. The van der Waals surface area contributed by atoms with Crippen molar-refractivity contribution in [1.82, 2.24) is 9.97 Å². The molecule has 0 radical (unpaired) electrons. The number of para-hydroxylation sites is 2. The Bertz CT molecular complexity index is 2860. The summed E-state index contributed by atoms with van der Waals surface area (Å²) < 4.78 is 6.78. The fourth-order valence-corrected chi connectivity index (χ4v) is 7.44. The van der Waals surface area contributed by atoms with Gasteiger partial charge in [0.25, 0.3) is 0 Å². The van der Waals surface area contributed by atoms with Crippen molar-refractivity contribution in [2.24, 2.45) is 0 Å². The molecule has 2 aromatic heterocycles. The first kappa shape index (κ1) is 29.8. The van der Waals surface area contributed by atoms with Gasteiger partial charge < -0.3 is 9.32 Å². The van der Waals surface area contributed by atoms with Crippen LogP contribution < -0.4 is 4.90 Å². The predicted octanol–water partition coefficient (Wildman–Crippen LogP) is 13.2. The molecule has 52 heavy (non-hydrogen) atoms. The fraction of sp³-hybridized carbons (Fsp3) is 0. The Labute approximate surface area is 300 Å². The molecule has 0 saturated heterocycles. The van der Waals surface area contributed by atoms with Crippen molar-refractivity contribution < 1.29 is 4.42 Å². The number of aromatic nitrogens is 2. The molecule has 8 aromatic carbocycles. The Kier molecular flexibility index (Phi) is 7.10. The fourth-order valence-electron chi connectivity index (χ4n) is 7.44. The second kappa shape index (κ2) is 12.4. The summed E-state index contributed by atoms with van der Waals surface area (Å²) in [6.45, 7) is 0. The number of fused-ring (bicyclic) bond motifs is 6. The molecule has 0 bridgehead atoms. The van der Waals surface area contributed by atoms with E-state index in [0.29, 0.717) is 5.82 Å². The minimum atomic E-state index is 0.654. The smallest absolute Gasteiger partial charge is 0.161 e. The second-order valence-corrected chi connectivity index (χ2v) is 13.0. The lowest BCUT2D eigenvalue weighted by atomic mass is 9.98. The number of hydrogen-bond acceptors (Lipinski definition) is 4. The molecule has 0 aliphatic heterocycles. The lowest BCUT2D eigenvalue weighted by Crippen LogP contribution is -2.10. The summed E-state index contributed by atoms with van der Waals surface area (Å²) in [5, 5.41) is 6.64. The van der Waals surface area contributed by atoms with Gasteiger partial charge in [-0.2, -0.15) is 0 Å². The normalized spacial score (nSPS) is 11.5. The Hall–Kier alpha value is -7.04. The van der Waals surface area contributed by atoms with Crippen LogP contribution in [0.25, 0.3) is 77.4 Å². The van der Waals surface area contributed by atoms with Gasteiger partial charge in [0.15, 0.2) is 5.82 Å². The van der Waals surface area contributed by atoms with Crippen molar-refractivity contribution in [3.05, 3.63) is 188 Å². The first-order valence-corrected chi connectivity index (χ1v) is 17.5. The molecule has 4 heteroatoms. The van der Waals surface area contributed by atoms with Gasteiger partial charge >= 0.3 is 0 Å². The molecule has 0 N–H and O–H groups in total. The third-order valence-corrected chi connectivity index (χ3v) is 9.83. The zero-order valence-corrected chi connectivity index (χ0v) is 28.1. The molecule has 10 aromatic rings. The number of nitrogens with zero attached hydrogens (tertiary/aromatic N) is 3. The van der Waals surface area contributed by atoms with Crippen LogP contribution in [0.5, 0.6) is 0 Å². The molecule has 10 rings (SSSR count). The van der Waals surface area contributed by atoms with Crippen LogP contribution in [0.15, 0.2) is 192 Å². The molecule has 0 amide bonds. The highest BCUT2D eigenvalue weighted by atomic mass is 16.3. The highest BCUT2D eigenvalue weighted by Gasteiger charge is 2.23. The maximum Gasteiger partial charge on any atom is 0.161 e. The summed E-state index contributed by atoms with van der Waals surface area (Å²) in [7, 11) is 0. The highest BCUT2D eigenvalue weighted by Crippen LogP contribution is 2.46. The van der Waals surface area contributed by atoms with Gasteiger partial charge in [-0.05, 0) is 58.6 Å². The average molecular weight is 666 g/mol. The van der Waals surface area contributed by atoms with E-state index in [-0.39, 0.29) is 0 Å². The largest absolute Gasteiger partial charge is 0.456 e. The van der Waals surface area contributed by atoms with E-state index in [1.54, 1.807) is 0 Å². The molecular formula is C48H31N3O. The average Bonchev–Trinajstić information content (AvgIpc) is 3.61. The molecule has 0 saturated carbocycles. The van der Waals surface area contributed by atoms with Crippen LogP contribution in [0.1, 0.15) is 0 Å². The summed E-state index contributed by atoms with van der Waals surface area (Å²) >= 11 is 0. The van der Waals surface area contributed by atoms with Crippen LogP contribution in [-0.2, 0) is 0 Å². The quantitative estimate of drug-likeness (QED) is 0.177. The standard InChI is InChI=1S/C48H31N3O/c1-4-16-33(17-5-1)41-30-42(35-28-27-32-15-10-11-18-34(32)29-35)50-48(49-41)40-25-14-26-44-47(40)46-39-24-13-12-23-38(39)43(31-45(46)52-44)51(36-19-6-2-7-20-36)37-21-8-3-9-22-37/h1-31H. The number of hydrogen-bond donors (Lipinski definition) is 0. The van der Waals surface area contributed by atoms with Crippen LogP contribution in [0, 0.1) is 0 Å². The summed E-state index contributed by atoms with van der Waals surface area (Å²) in [5.41, 5.74) is 9.53. The van der Waals surface area contributed by atoms with Crippen LogP contribution >= 0.6 is 0 Å². The van der Waals surface area contributed by atoms with Crippen molar-refractivity contribution in [3.8, 4) is 33.9 Å². The van der Waals surface area contributed by atoms with Crippen LogP contribution in [0.3, 0.4) is 0 Å². The molecule has 0 aliphatic carbocycles.